The first-order valence-corrected chi connectivity index (χ1v) is 19.8. The Morgan fingerprint density at radius 3 is 1.72 bits per heavy atom. The smallest absolute Gasteiger partial charge is 0.0973 e. The van der Waals surface area contributed by atoms with Crippen LogP contribution < -0.4 is 0 Å². The Balaban J connectivity index is 1.11. The third kappa shape index (κ3) is 4.95. The van der Waals surface area contributed by atoms with E-state index in [0.717, 1.165) is 61.6 Å². The summed E-state index contributed by atoms with van der Waals surface area (Å²) < 4.78 is 4.86. The minimum atomic E-state index is 0.863. The van der Waals surface area contributed by atoms with Crippen molar-refractivity contribution in [3.8, 4) is 45.0 Å². The molecule has 0 aliphatic carbocycles. The highest BCUT2D eigenvalue weighted by Crippen LogP contribution is 2.42. The number of hydrogen-bond donors (Lipinski definition) is 0. The Hall–Kier alpha value is -7.82. The average Bonchev–Trinajstić information content (AvgIpc) is 3.80. The summed E-state index contributed by atoms with van der Waals surface area (Å²) in [4.78, 5) is 10.7. The molecule has 0 atom stereocenters. The SMILES string of the molecule is c1ccc(-c2nc3cccc(-c4cccc(-n5c6ccccc6c6cc7c8c9ccccc9ccc8n(-c8ccccc8)c7cc65)c4)c3nc2-c2ccccc2)cc1. The van der Waals surface area contributed by atoms with Crippen LogP contribution in [0.5, 0.6) is 0 Å². The molecule has 3 aromatic heterocycles. The molecule has 0 saturated heterocycles. The number of rotatable bonds is 5. The average molecular weight is 739 g/mol. The predicted molar refractivity (Wildman–Crippen MR) is 242 cm³/mol. The van der Waals surface area contributed by atoms with Crippen LogP contribution in [0.3, 0.4) is 0 Å². The number of hydrogen-bond acceptors (Lipinski definition) is 2. The zero-order chi connectivity index (χ0) is 38.2. The Morgan fingerprint density at radius 2 is 0.931 bits per heavy atom. The largest absolute Gasteiger partial charge is 0.309 e. The molecule has 0 aliphatic rings. The first-order valence-electron chi connectivity index (χ1n) is 19.8. The van der Waals surface area contributed by atoms with Crippen molar-refractivity contribution in [2.75, 3.05) is 0 Å². The first-order chi connectivity index (χ1) is 28.8. The molecule has 0 bridgehead atoms. The molecule has 0 N–H and O–H groups in total. The van der Waals surface area contributed by atoms with Crippen molar-refractivity contribution in [3.63, 3.8) is 0 Å². The summed E-state index contributed by atoms with van der Waals surface area (Å²) in [5.74, 6) is 0. The van der Waals surface area contributed by atoms with Crippen LogP contribution in [0, 0.1) is 0 Å². The van der Waals surface area contributed by atoms with Gasteiger partial charge in [0.2, 0.25) is 0 Å². The quantitative estimate of drug-likeness (QED) is 0.176. The van der Waals surface area contributed by atoms with E-state index >= 15 is 0 Å². The molecule has 4 heteroatoms. The monoisotopic (exact) mass is 738 g/mol. The van der Waals surface area contributed by atoms with E-state index in [1.807, 2.05) is 12.1 Å². The molecule has 12 aromatic rings. The lowest BCUT2D eigenvalue weighted by Gasteiger charge is -2.14. The van der Waals surface area contributed by atoms with Crippen molar-refractivity contribution >= 4 is 65.4 Å². The van der Waals surface area contributed by atoms with Gasteiger partial charge < -0.3 is 9.13 Å². The Morgan fingerprint density at radius 1 is 0.328 bits per heavy atom. The summed E-state index contributed by atoms with van der Waals surface area (Å²) in [6, 6.07) is 73.6. The fraction of sp³-hybridized carbons (Fsp3) is 0. The third-order valence-corrected chi connectivity index (χ3v) is 11.7. The number of para-hydroxylation sites is 3. The van der Waals surface area contributed by atoms with Crippen molar-refractivity contribution in [1.82, 2.24) is 19.1 Å². The van der Waals surface area contributed by atoms with Crippen LogP contribution in [0.15, 0.2) is 206 Å². The molecule has 0 fully saturated rings. The molecule has 4 nitrogen and oxygen atoms in total. The zero-order valence-corrected chi connectivity index (χ0v) is 31.4. The molecule has 0 spiro atoms. The van der Waals surface area contributed by atoms with Gasteiger partial charge in [-0.25, -0.2) is 9.97 Å². The highest BCUT2D eigenvalue weighted by molar-refractivity contribution is 6.25. The highest BCUT2D eigenvalue weighted by atomic mass is 15.0. The van der Waals surface area contributed by atoms with E-state index in [1.54, 1.807) is 0 Å². The van der Waals surface area contributed by atoms with Gasteiger partial charge in [0.25, 0.3) is 0 Å². The standard InChI is InChI=1S/C54H34N4/c1-4-17-36(18-5-1)52-53(37-19-6-2-7-20-37)56-54-42(27-15-28-46(54)55-52)38-21-14-24-40(32-38)58-47-29-13-12-26-43(47)44-33-45-50(34-49(44)58)57(39-22-8-3-9-23-39)48-31-30-35-16-10-11-25-41(35)51(45)48/h1-34H. The summed E-state index contributed by atoms with van der Waals surface area (Å²) >= 11 is 0. The molecule has 58 heavy (non-hydrogen) atoms. The minimum absolute atomic E-state index is 0.863. The summed E-state index contributed by atoms with van der Waals surface area (Å²) in [5, 5.41) is 7.48. The molecule has 9 aromatic carbocycles. The van der Waals surface area contributed by atoms with Crippen molar-refractivity contribution in [3.05, 3.63) is 206 Å². The third-order valence-electron chi connectivity index (χ3n) is 11.7. The molecule has 0 aliphatic heterocycles. The van der Waals surface area contributed by atoms with Gasteiger partial charge in [0.05, 0.1) is 44.5 Å². The lowest BCUT2D eigenvalue weighted by Crippen LogP contribution is -1.98. The molecule has 0 unspecified atom stereocenters. The van der Waals surface area contributed by atoms with Crippen LogP contribution in [-0.2, 0) is 0 Å². The maximum Gasteiger partial charge on any atom is 0.0973 e. The molecular formula is C54H34N4. The number of aromatic nitrogens is 4. The Kier molecular flexibility index (Phi) is 7.20. The maximum absolute atomic E-state index is 5.43. The molecule has 12 rings (SSSR count). The first kappa shape index (κ1) is 32.4. The van der Waals surface area contributed by atoms with Crippen LogP contribution in [0.25, 0.3) is 110 Å². The van der Waals surface area contributed by atoms with Gasteiger partial charge >= 0.3 is 0 Å². The van der Waals surface area contributed by atoms with E-state index in [0.29, 0.717) is 0 Å². The van der Waals surface area contributed by atoms with Crippen LogP contribution in [-0.4, -0.2) is 19.1 Å². The van der Waals surface area contributed by atoms with Gasteiger partial charge in [-0.2, -0.15) is 0 Å². The second kappa shape index (κ2) is 12.9. The molecular weight excluding hydrogens is 705 g/mol. The second-order valence-electron chi connectivity index (χ2n) is 15.0. The zero-order valence-electron chi connectivity index (χ0n) is 31.4. The van der Waals surface area contributed by atoms with Gasteiger partial charge in [-0.3, -0.25) is 0 Å². The van der Waals surface area contributed by atoms with Gasteiger partial charge in [0.15, 0.2) is 0 Å². The van der Waals surface area contributed by atoms with E-state index in [-0.39, 0.29) is 0 Å². The highest BCUT2D eigenvalue weighted by Gasteiger charge is 2.21. The van der Waals surface area contributed by atoms with Crippen LogP contribution in [0.2, 0.25) is 0 Å². The normalized spacial score (nSPS) is 11.8. The fourth-order valence-corrected chi connectivity index (χ4v) is 9.10. The molecule has 0 amide bonds. The van der Waals surface area contributed by atoms with Crippen molar-refractivity contribution in [2.24, 2.45) is 0 Å². The number of nitrogens with zero attached hydrogens (tertiary/aromatic N) is 4. The summed E-state index contributed by atoms with van der Waals surface area (Å²) in [7, 11) is 0. The lowest BCUT2D eigenvalue weighted by atomic mass is 10.0. The topological polar surface area (TPSA) is 35.6 Å². The van der Waals surface area contributed by atoms with Gasteiger partial charge in [0.1, 0.15) is 0 Å². The molecule has 270 valence electrons. The summed E-state index contributed by atoms with van der Waals surface area (Å²) in [6.07, 6.45) is 0. The maximum atomic E-state index is 5.43. The Labute approximate surface area is 334 Å². The van der Waals surface area contributed by atoms with E-state index in [9.17, 15) is 0 Å². The van der Waals surface area contributed by atoms with E-state index in [1.165, 1.54) is 48.9 Å². The van der Waals surface area contributed by atoms with Gasteiger partial charge in [-0.1, -0.05) is 152 Å². The predicted octanol–water partition coefficient (Wildman–Crippen LogP) is 14.0. The van der Waals surface area contributed by atoms with Crippen LogP contribution in [0.1, 0.15) is 0 Å². The van der Waals surface area contributed by atoms with E-state index in [2.05, 4.69) is 203 Å². The fourth-order valence-electron chi connectivity index (χ4n) is 9.10. The number of benzene rings is 9. The van der Waals surface area contributed by atoms with Gasteiger partial charge in [-0.05, 0) is 70.9 Å². The number of fused-ring (bicyclic) bond motifs is 9. The van der Waals surface area contributed by atoms with Gasteiger partial charge in [0, 0.05) is 49.6 Å². The van der Waals surface area contributed by atoms with Crippen LogP contribution in [0.4, 0.5) is 0 Å². The Bertz CT molecular complexity index is 3550. The van der Waals surface area contributed by atoms with Crippen molar-refractivity contribution in [1.29, 1.82) is 0 Å². The van der Waals surface area contributed by atoms with Crippen LogP contribution >= 0.6 is 0 Å². The van der Waals surface area contributed by atoms with Crippen molar-refractivity contribution in [2.45, 2.75) is 0 Å². The summed E-state index contributed by atoms with van der Waals surface area (Å²) in [5.41, 5.74) is 14.6. The van der Waals surface area contributed by atoms with E-state index in [4.69, 9.17) is 9.97 Å². The van der Waals surface area contributed by atoms with Gasteiger partial charge in [-0.15, -0.1) is 0 Å². The van der Waals surface area contributed by atoms with E-state index < -0.39 is 0 Å². The van der Waals surface area contributed by atoms with Crippen molar-refractivity contribution < 1.29 is 0 Å². The molecule has 3 heterocycles. The molecule has 0 radical (unpaired) electrons. The summed E-state index contributed by atoms with van der Waals surface area (Å²) in [6.45, 7) is 0. The molecule has 0 saturated carbocycles. The second-order valence-corrected chi connectivity index (χ2v) is 15.0. The minimum Gasteiger partial charge on any atom is -0.309 e. The lowest BCUT2D eigenvalue weighted by molar-refractivity contribution is 1.16.